The van der Waals surface area contributed by atoms with Gasteiger partial charge in [0.25, 0.3) is 5.56 Å². The zero-order chi connectivity index (χ0) is 11.2. The van der Waals surface area contributed by atoms with Crippen LogP contribution >= 0.6 is 15.9 Å². The van der Waals surface area contributed by atoms with Crippen LogP contribution in [0.15, 0.2) is 15.5 Å². The number of nitrogens with zero attached hydrogens (tertiary/aromatic N) is 2. The van der Waals surface area contributed by atoms with Gasteiger partial charge in [-0.05, 0) is 27.8 Å². The highest BCUT2D eigenvalue weighted by Gasteiger charge is 2.45. The molecular weight excluding hydrogens is 258 g/mol. The van der Waals surface area contributed by atoms with Crippen LogP contribution in [0.1, 0.15) is 20.3 Å². The van der Waals surface area contributed by atoms with Crippen molar-refractivity contribution in [2.24, 2.45) is 12.5 Å². The van der Waals surface area contributed by atoms with Gasteiger partial charge in [-0.25, -0.2) is 4.68 Å². The first kappa shape index (κ1) is 10.7. The Morgan fingerprint density at radius 1 is 1.67 bits per heavy atom. The highest BCUT2D eigenvalue weighted by atomic mass is 79.9. The van der Waals surface area contributed by atoms with Crippen LogP contribution in [-0.4, -0.2) is 15.8 Å². The van der Waals surface area contributed by atoms with Crippen molar-refractivity contribution in [2.75, 3.05) is 5.32 Å². The molecule has 1 aromatic rings. The average Bonchev–Trinajstić information content (AvgIpc) is 2.75. The van der Waals surface area contributed by atoms with E-state index >= 15 is 0 Å². The molecule has 1 unspecified atom stereocenters. The van der Waals surface area contributed by atoms with Crippen molar-refractivity contribution < 1.29 is 0 Å². The summed E-state index contributed by atoms with van der Waals surface area (Å²) in [6.45, 7) is 4.40. The molecule has 1 atom stereocenters. The van der Waals surface area contributed by atoms with Crippen LogP contribution in [0.3, 0.4) is 0 Å². The summed E-state index contributed by atoms with van der Waals surface area (Å²) in [5.41, 5.74) is 1.01. The van der Waals surface area contributed by atoms with E-state index < -0.39 is 0 Å². The normalized spacial score (nSPS) is 22.5. The Kier molecular flexibility index (Phi) is 2.37. The van der Waals surface area contributed by atoms with Crippen molar-refractivity contribution in [2.45, 2.75) is 26.3 Å². The number of hydrogen-bond acceptors (Lipinski definition) is 3. The monoisotopic (exact) mass is 271 g/mol. The molecule has 2 rings (SSSR count). The second-order valence-corrected chi connectivity index (χ2v) is 5.48. The first-order valence-electron chi connectivity index (χ1n) is 4.90. The molecule has 0 aromatic carbocycles. The second kappa shape index (κ2) is 3.33. The maximum absolute atomic E-state index is 11.6. The van der Waals surface area contributed by atoms with E-state index in [0.717, 1.165) is 12.1 Å². The lowest BCUT2D eigenvalue weighted by Gasteiger charge is -2.09. The molecule has 1 heterocycles. The van der Waals surface area contributed by atoms with E-state index in [2.05, 4.69) is 40.2 Å². The van der Waals surface area contributed by atoms with Crippen LogP contribution in [0.4, 0.5) is 5.69 Å². The standard InChI is InChI=1S/C10H14BrN3O/c1-10(2)4-7(10)13-6-5-12-14(3)9(15)8(6)11/h5,7,13H,4H2,1-3H3. The lowest BCUT2D eigenvalue weighted by Crippen LogP contribution is -2.22. The average molecular weight is 272 g/mol. The van der Waals surface area contributed by atoms with Crippen LogP contribution in [-0.2, 0) is 7.05 Å². The zero-order valence-electron chi connectivity index (χ0n) is 9.04. The minimum absolute atomic E-state index is 0.113. The van der Waals surface area contributed by atoms with Crippen LogP contribution in [0.25, 0.3) is 0 Å². The van der Waals surface area contributed by atoms with Crippen LogP contribution in [0.2, 0.25) is 0 Å². The second-order valence-electron chi connectivity index (χ2n) is 4.69. The maximum atomic E-state index is 11.6. The predicted octanol–water partition coefficient (Wildman–Crippen LogP) is 1.75. The van der Waals surface area contributed by atoms with E-state index in [4.69, 9.17) is 0 Å². The molecule has 1 fully saturated rings. The van der Waals surface area contributed by atoms with Crippen molar-refractivity contribution in [3.05, 3.63) is 21.0 Å². The number of nitrogens with one attached hydrogen (secondary N) is 1. The minimum atomic E-state index is -0.113. The molecule has 1 saturated carbocycles. The number of halogens is 1. The van der Waals surface area contributed by atoms with Crippen molar-refractivity contribution in [3.63, 3.8) is 0 Å². The molecule has 0 spiro atoms. The summed E-state index contributed by atoms with van der Waals surface area (Å²) in [5.74, 6) is 0. The Balaban J connectivity index is 2.24. The fourth-order valence-electron chi connectivity index (χ4n) is 1.51. The third kappa shape index (κ3) is 1.93. The van der Waals surface area contributed by atoms with E-state index in [0.29, 0.717) is 15.9 Å². The van der Waals surface area contributed by atoms with Gasteiger partial charge in [-0.3, -0.25) is 4.79 Å². The van der Waals surface area contributed by atoms with Gasteiger partial charge in [0.1, 0.15) is 4.47 Å². The number of aromatic nitrogens is 2. The molecule has 4 nitrogen and oxygen atoms in total. The summed E-state index contributed by atoms with van der Waals surface area (Å²) in [5, 5.41) is 7.30. The number of rotatable bonds is 2. The third-order valence-corrected chi connectivity index (χ3v) is 3.69. The van der Waals surface area contributed by atoms with Gasteiger partial charge in [0.15, 0.2) is 0 Å². The van der Waals surface area contributed by atoms with Crippen molar-refractivity contribution in [1.82, 2.24) is 9.78 Å². The fraction of sp³-hybridized carbons (Fsp3) is 0.600. The molecule has 82 valence electrons. The van der Waals surface area contributed by atoms with Crippen LogP contribution in [0, 0.1) is 5.41 Å². The molecule has 0 amide bonds. The van der Waals surface area contributed by atoms with Crippen molar-refractivity contribution in [3.8, 4) is 0 Å². The van der Waals surface area contributed by atoms with Gasteiger partial charge in [-0.2, -0.15) is 5.10 Å². The molecule has 1 aliphatic carbocycles. The van der Waals surface area contributed by atoms with E-state index in [-0.39, 0.29) is 5.56 Å². The number of hydrogen-bond donors (Lipinski definition) is 1. The summed E-state index contributed by atoms with van der Waals surface area (Å²) in [6.07, 6.45) is 2.81. The zero-order valence-corrected chi connectivity index (χ0v) is 10.6. The molecule has 5 heteroatoms. The van der Waals surface area contributed by atoms with E-state index in [9.17, 15) is 4.79 Å². The largest absolute Gasteiger partial charge is 0.379 e. The Morgan fingerprint density at radius 3 is 2.80 bits per heavy atom. The third-order valence-electron chi connectivity index (χ3n) is 2.92. The van der Waals surface area contributed by atoms with Crippen LogP contribution < -0.4 is 10.9 Å². The summed E-state index contributed by atoms with van der Waals surface area (Å²) in [4.78, 5) is 11.6. The van der Waals surface area contributed by atoms with Gasteiger partial charge in [0.2, 0.25) is 0 Å². The summed E-state index contributed by atoms with van der Waals surface area (Å²) < 4.78 is 1.87. The Bertz CT molecular complexity index is 452. The van der Waals surface area contributed by atoms with E-state index in [1.54, 1.807) is 13.2 Å². The smallest absolute Gasteiger partial charge is 0.282 e. The lowest BCUT2D eigenvalue weighted by molar-refractivity contribution is 0.629. The molecule has 1 aliphatic rings. The van der Waals surface area contributed by atoms with E-state index in [1.807, 2.05) is 0 Å². The lowest BCUT2D eigenvalue weighted by atomic mass is 10.2. The summed E-state index contributed by atoms with van der Waals surface area (Å²) in [7, 11) is 1.64. The number of aryl methyl sites for hydroxylation is 1. The molecule has 1 aromatic heterocycles. The molecule has 0 saturated heterocycles. The van der Waals surface area contributed by atoms with Gasteiger partial charge >= 0.3 is 0 Å². The Hall–Kier alpha value is -0.840. The molecule has 0 aliphatic heterocycles. The minimum Gasteiger partial charge on any atom is -0.379 e. The molecular formula is C10H14BrN3O. The Labute approximate surface area is 96.8 Å². The molecule has 0 radical (unpaired) electrons. The summed E-state index contributed by atoms with van der Waals surface area (Å²) in [6, 6.07) is 0.447. The Morgan fingerprint density at radius 2 is 2.27 bits per heavy atom. The first-order valence-corrected chi connectivity index (χ1v) is 5.69. The quantitative estimate of drug-likeness (QED) is 0.892. The van der Waals surface area contributed by atoms with Crippen LogP contribution in [0.5, 0.6) is 0 Å². The van der Waals surface area contributed by atoms with Gasteiger partial charge in [-0.15, -0.1) is 0 Å². The highest BCUT2D eigenvalue weighted by molar-refractivity contribution is 9.10. The summed E-state index contributed by atoms with van der Waals surface area (Å²) >= 11 is 3.29. The van der Waals surface area contributed by atoms with Gasteiger partial charge < -0.3 is 5.32 Å². The van der Waals surface area contributed by atoms with E-state index in [1.165, 1.54) is 4.68 Å². The highest BCUT2D eigenvalue weighted by Crippen LogP contribution is 2.46. The molecule has 0 bridgehead atoms. The topological polar surface area (TPSA) is 46.9 Å². The molecule has 15 heavy (non-hydrogen) atoms. The molecule has 1 N–H and O–H groups in total. The first-order chi connectivity index (χ1) is 6.92. The van der Waals surface area contributed by atoms with Crippen molar-refractivity contribution in [1.29, 1.82) is 0 Å². The van der Waals surface area contributed by atoms with Gasteiger partial charge in [-0.1, -0.05) is 13.8 Å². The van der Waals surface area contributed by atoms with Crippen molar-refractivity contribution >= 4 is 21.6 Å². The van der Waals surface area contributed by atoms with Gasteiger partial charge in [0, 0.05) is 13.1 Å². The van der Waals surface area contributed by atoms with Gasteiger partial charge in [0.05, 0.1) is 11.9 Å². The predicted molar refractivity (Wildman–Crippen MR) is 63.0 cm³/mol. The number of anilines is 1. The maximum Gasteiger partial charge on any atom is 0.282 e. The SMILES string of the molecule is Cn1ncc(NC2CC2(C)C)c(Br)c1=O. The fourth-order valence-corrected chi connectivity index (χ4v) is 1.99.